The van der Waals surface area contributed by atoms with Crippen molar-refractivity contribution in [2.45, 2.75) is 23.9 Å². The van der Waals surface area contributed by atoms with E-state index in [2.05, 4.69) is 26.2 Å². The van der Waals surface area contributed by atoms with Crippen LogP contribution in [-0.2, 0) is 16.1 Å². The number of fused-ring (bicyclic) bond motifs is 1. The molecule has 0 aliphatic heterocycles. The number of para-hydroxylation sites is 1. The van der Waals surface area contributed by atoms with Crippen LogP contribution in [0.4, 0.5) is 10.1 Å². The Bertz CT molecular complexity index is 1110. The van der Waals surface area contributed by atoms with E-state index in [9.17, 15) is 14.0 Å². The first-order valence-electron chi connectivity index (χ1n) is 8.82. The molecule has 0 saturated carbocycles. The molecule has 1 atom stereocenters. The normalized spacial score (nSPS) is 12.1. The molecule has 29 heavy (non-hydrogen) atoms. The van der Waals surface area contributed by atoms with Gasteiger partial charge in [0.05, 0.1) is 35.0 Å². The third-order valence-corrected chi connectivity index (χ3v) is 5.77. The van der Waals surface area contributed by atoms with E-state index < -0.39 is 11.1 Å². The number of hydrogen-bond donors (Lipinski definition) is 1. The molecule has 1 unspecified atom stereocenters. The molecular weight excluding hydrogens is 461 g/mol. The second kappa shape index (κ2) is 9.51. The monoisotopic (exact) mass is 479 g/mol. The zero-order valence-corrected chi connectivity index (χ0v) is 18.2. The molecule has 3 aromatic rings. The first-order valence-corrected chi connectivity index (χ1v) is 10.5. The summed E-state index contributed by atoms with van der Waals surface area (Å²) in [7, 11) is 1.55. The molecular formula is C20H19BrFN3O3S. The summed E-state index contributed by atoms with van der Waals surface area (Å²) < 4.78 is 21.2. The van der Waals surface area contributed by atoms with Gasteiger partial charge in [0.25, 0.3) is 5.56 Å². The molecule has 3 rings (SSSR count). The number of halogens is 2. The molecule has 0 aliphatic carbocycles. The molecule has 1 amide bonds. The number of methoxy groups -OCH3 is 1. The Kier molecular flexibility index (Phi) is 7.05. The second-order valence-corrected chi connectivity index (χ2v) is 8.46. The van der Waals surface area contributed by atoms with Crippen LogP contribution in [0.25, 0.3) is 10.9 Å². The highest BCUT2D eigenvalue weighted by Gasteiger charge is 2.20. The third-order valence-electron chi connectivity index (χ3n) is 4.18. The average molecular weight is 480 g/mol. The highest BCUT2D eigenvalue weighted by molar-refractivity contribution is 9.10. The summed E-state index contributed by atoms with van der Waals surface area (Å²) in [5.74, 6) is -0.895. The fourth-order valence-corrected chi connectivity index (χ4v) is 3.95. The van der Waals surface area contributed by atoms with Crippen molar-refractivity contribution in [1.82, 2.24) is 9.55 Å². The summed E-state index contributed by atoms with van der Waals surface area (Å²) in [6.07, 6.45) is 0. The molecule has 9 heteroatoms. The van der Waals surface area contributed by atoms with E-state index >= 15 is 0 Å². The Morgan fingerprint density at radius 1 is 1.34 bits per heavy atom. The molecule has 2 aromatic carbocycles. The van der Waals surface area contributed by atoms with Crippen LogP contribution < -0.4 is 10.9 Å². The zero-order valence-electron chi connectivity index (χ0n) is 15.8. The Morgan fingerprint density at radius 2 is 2.10 bits per heavy atom. The van der Waals surface area contributed by atoms with Crippen molar-refractivity contribution in [1.29, 1.82) is 0 Å². The zero-order chi connectivity index (χ0) is 21.0. The minimum Gasteiger partial charge on any atom is -0.383 e. The fourth-order valence-electron chi connectivity index (χ4n) is 2.65. The lowest BCUT2D eigenvalue weighted by atomic mass is 10.2. The van der Waals surface area contributed by atoms with E-state index in [0.717, 1.165) is 16.2 Å². The minimum absolute atomic E-state index is 0.109. The van der Waals surface area contributed by atoms with Crippen molar-refractivity contribution in [3.05, 3.63) is 63.1 Å². The molecule has 0 aliphatic rings. The highest BCUT2D eigenvalue weighted by atomic mass is 79.9. The van der Waals surface area contributed by atoms with E-state index in [0.29, 0.717) is 29.2 Å². The predicted octanol–water partition coefficient (Wildman–Crippen LogP) is 4.06. The van der Waals surface area contributed by atoms with Crippen molar-refractivity contribution < 1.29 is 13.9 Å². The maximum absolute atomic E-state index is 13.8. The molecule has 0 bridgehead atoms. The van der Waals surface area contributed by atoms with Crippen LogP contribution >= 0.6 is 27.7 Å². The Balaban J connectivity index is 1.91. The number of hydrogen-bond acceptors (Lipinski definition) is 5. The largest absolute Gasteiger partial charge is 0.383 e. The van der Waals surface area contributed by atoms with Crippen LogP contribution in [0.15, 0.2) is 56.9 Å². The number of carbonyl (C=O) groups excluding carboxylic acids is 1. The molecule has 6 nitrogen and oxygen atoms in total. The van der Waals surface area contributed by atoms with Gasteiger partial charge in [-0.25, -0.2) is 9.37 Å². The number of nitrogens with zero attached hydrogens (tertiary/aromatic N) is 2. The number of aromatic nitrogens is 2. The Hall–Kier alpha value is -2.23. The minimum atomic E-state index is -0.608. The molecule has 152 valence electrons. The van der Waals surface area contributed by atoms with Crippen LogP contribution in [0.2, 0.25) is 0 Å². The van der Waals surface area contributed by atoms with Crippen molar-refractivity contribution in [2.24, 2.45) is 0 Å². The van der Waals surface area contributed by atoms with Gasteiger partial charge in [-0.2, -0.15) is 0 Å². The molecule has 1 aromatic heterocycles. The van der Waals surface area contributed by atoms with Gasteiger partial charge in [-0.1, -0.05) is 39.8 Å². The van der Waals surface area contributed by atoms with Gasteiger partial charge >= 0.3 is 0 Å². The van der Waals surface area contributed by atoms with Crippen molar-refractivity contribution in [2.75, 3.05) is 19.0 Å². The number of ether oxygens (including phenoxy) is 1. The molecule has 0 saturated heterocycles. The van der Waals surface area contributed by atoms with Gasteiger partial charge in [-0.15, -0.1) is 0 Å². The molecule has 0 fully saturated rings. The Labute approximate surface area is 179 Å². The number of amides is 1. The van der Waals surface area contributed by atoms with Gasteiger partial charge in [-0.3, -0.25) is 14.2 Å². The lowest BCUT2D eigenvalue weighted by Crippen LogP contribution is -2.28. The smallest absolute Gasteiger partial charge is 0.262 e. The molecule has 1 N–H and O–H groups in total. The maximum Gasteiger partial charge on any atom is 0.262 e. The average Bonchev–Trinajstić information content (AvgIpc) is 2.70. The predicted molar refractivity (Wildman–Crippen MR) is 116 cm³/mol. The summed E-state index contributed by atoms with van der Waals surface area (Å²) in [5.41, 5.74) is 0.437. The van der Waals surface area contributed by atoms with Gasteiger partial charge in [0, 0.05) is 11.6 Å². The maximum atomic E-state index is 13.8. The molecule has 0 radical (unpaired) electrons. The third kappa shape index (κ3) is 5.04. The van der Waals surface area contributed by atoms with E-state index in [1.807, 2.05) is 0 Å². The summed E-state index contributed by atoms with van der Waals surface area (Å²) in [4.78, 5) is 30.1. The summed E-state index contributed by atoms with van der Waals surface area (Å²) >= 11 is 4.51. The van der Waals surface area contributed by atoms with Gasteiger partial charge in [-0.05, 0) is 37.3 Å². The lowest BCUT2D eigenvalue weighted by Gasteiger charge is -2.16. The van der Waals surface area contributed by atoms with Gasteiger partial charge in [0.15, 0.2) is 5.16 Å². The first-order chi connectivity index (χ1) is 13.9. The standard InChI is InChI=1S/C20H19BrFN3O3S/c1-12(18(26)23-17-6-4-3-5-15(17)22)29-20-24-16-8-7-13(21)11-14(16)19(27)25(20)9-10-28-2/h3-8,11-12H,9-10H2,1-2H3,(H,23,26). The van der Waals surface area contributed by atoms with Crippen LogP contribution in [0.1, 0.15) is 6.92 Å². The van der Waals surface area contributed by atoms with E-state index in [1.165, 1.54) is 16.7 Å². The van der Waals surface area contributed by atoms with Crippen molar-refractivity contribution in [3.8, 4) is 0 Å². The first kappa shape index (κ1) is 21.5. The number of thioether (sulfide) groups is 1. The van der Waals surface area contributed by atoms with Crippen LogP contribution in [0.3, 0.4) is 0 Å². The molecule has 1 heterocycles. The summed E-state index contributed by atoms with van der Waals surface area (Å²) in [5, 5.41) is 2.84. The van der Waals surface area contributed by atoms with Crippen molar-refractivity contribution in [3.63, 3.8) is 0 Å². The summed E-state index contributed by atoms with van der Waals surface area (Å²) in [6.45, 7) is 2.30. The van der Waals surface area contributed by atoms with E-state index in [4.69, 9.17) is 4.74 Å². The van der Waals surface area contributed by atoms with Gasteiger partial charge in [0.2, 0.25) is 5.91 Å². The highest BCUT2D eigenvalue weighted by Crippen LogP contribution is 2.25. The van der Waals surface area contributed by atoms with Gasteiger partial charge < -0.3 is 10.1 Å². The number of rotatable bonds is 7. The molecule has 0 spiro atoms. The van der Waals surface area contributed by atoms with E-state index in [-0.39, 0.29) is 17.2 Å². The van der Waals surface area contributed by atoms with Gasteiger partial charge in [0.1, 0.15) is 5.82 Å². The number of carbonyl (C=O) groups is 1. The van der Waals surface area contributed by atoms with Crippen LogP contribution in [-0.4, -0.2) is 34.4 Å². The number of benzene rings is 2. The Morgan fingerprint density at radius 3 is 2.83 bits per heavy atom. The van der Waals surface area contributed by atoms with Crippen molar-refractivity contribution >= 4 is 50.2 Å². The summed E-state index contributed by atoms with van der Waals surface area (Å²) in [6, 6.07) is 11.2. The number of anilines is 1. The van der Waals surface area contributed by atoms with E-state index in [1.54, 1.807) is 44.4 Å². The van der Waals surface area contributed by atoms with Crippen LogP contribution in [0, 0.1) is 5.82 Å². The topological polar surface area (TPSA) is 73.2 Å². The number of nitrogens with one attached hydrogen (secondary N) is 1. The second-order valence-electron chi connectivity index (χ2n) is 6.23. The quantitative estimate of drug-likeness (QED) is 0.408. The SMILES string of the molecule is COCCn1c(SC(C)C(=O)Nc2ccccc2F)nc2ccc(Br)cc2c1=O. The fraction of sp³-hybridized carbons (Fsp3) is 0.250. The lowest BCUT2D eigenvalue weighted by molar-refractivity contribution is -0.115. The van der Waals surface area contributed by atoms with Crippen LogP contribution in [0.5, 0.6) is 0 Å².